The molecule has 0 atom stereocenters. The van der Waals surface area contributed by atoms with Gasteiger partial charge in [0.1, 0.15) is 11.6 Å². The highest BCUT2D eigenvalue weighted by Crippen LogP contribution is 2.33. The van der Waals surface area contributed by atoms with Crippen LogP contribution in [0.2, 0.25) is 0 Å². The zero-order valence-electron chi connectivity index (χ0n) is 19.1. The summed E-state index contributed by atoms with van der Waals surface area (Å²) in [6.45, 7) is 4.57. The fourth-order valence-electron chi connectivity index (χ4n) is 4.80. The normalized spacial score (nSPS) is 17.4. The Kier molecular flexibility index (Phi) is 6.00. The van der Waals surface area contributed by atoms with Crippen LogP contribution in [0, 0.1) is 12.7 Å². The van der Waals surface area contributed by atoms with E-state index in [4.69, 9.17) is 0 Å². The van der Waals surface area contributed by atoms with Gasteiger partial charge in [-0.15, -0.1) is 0 Å². The molecule has 3 heterocycles. The van der Waals surface area contributed by atoms with Crippen LogP contribution in [0.5, 0.6) is 0 Å². The Hall–Kier alpha value is -3.40. The van der Waals surface area contributed by atoms with Crippen LogP contribution >= 0.6 is 0 Å². The molecule has 0 aliphatic carbocycles. The lowest BCUT2D eigenvalue weighted by atomic mass is 10.0. The summed E-state index contributed by atoms with van der Waals surface area (Å²) < 4.78 is 52.6. The minimum absolute atomic E-state index is 0.0706. The van der Waals surface area contributed by atoms with Crippen molar-refractivity contribution in [1.29, 1.82) is 0 Å². The molecule has 3 aromatic rings. The number of carbonyl (C=O) groups is 1. The number of nitrogens with zero attached hydrogens (tertiary/aromatic N) is 3. The molecular weight excluding hydrogens is 462 g/mol. The van der Waals surface area contributed by atoms with E-state index in [0.29, 0.717) is 18.9 Å². The summed E-state index contributed by atoms with van der Waals surface area (Å²) in [5.41, 5.74) is 2.49. The van der Waals surface area contributed by atoms with Crippen molar-refractivity contribution in [2.45, 2.75) is 45.1 Å². The number of rotatable bonds is 4. The van der Waals surface area contributed by atoms with Crippen molar-refractivity contribution >= 4 is 11.7 Å². The molecule has 1 saturated heterocycles. The van der Waals surface area contributed by atoms with Gasteiger partial charge in [0.15, 0.2) is 0 Å². The molecule has 10 heteroatoms. The molecular formula is C25H25F4N5O. The summed E-state index contributed by atoms with van der Waals surface area (Å²) in [6, 6.07) is 10.7. The van der Waals surface area contributed by atoms with Gasteiger partial charge in [0, 0.05) is 49.2 Å². The second-order valence-electron chi connectivity index (χ2n) is 9.07. The molecule has 2 aliphatic heterocycles. The summed E-state index contributed by atoms with van der Waals surface area (Å²) in [6.07, 6.45) is -3.08. The molecule has 184 valence electrons. The zero-order chi connectivity index (χ0) is 24.7. The standard InChI is InChI=1S/C25H25F4N5O/c1-15-22(31-23(30-15)16-6-7-19(20(26)12-16)25(27,28)29)14-33-10-8-18(9-11-33)34-13-17-4-2-3-5-21(17)32-24(34)35/h2-7,12,18H,8-11,13-14H2,1H3,(H,30,31)(H,32,35). The third-order valence-corrected chi connectivity index (χ3v) is 6.77. The highest BCUT2D eigenvalue weighted by atomic mass is 19.4. The monoisotopic (exact) mass is 487 g/mol. The number of fused-ring (bicyclic) bond motifs is 1. The fraction of sp³-hybridized carbons (Fsp3) is 0.360. The molecule has 2 aliphatic rings. The molecule has 0 bridgehead atoms. The predicted molar refractivity (Wildman–Crippen MR) is 123 cm³/mol. The highest BCUT2D eigenvalue weighted by Gasteiger charge is 2.34. The number of aryl methyl sites for hydroxylation is 1. The topological polar surface area (TPSA) is 64.3 Å². The number of amides is 2. The highest BCUT2D eigenvalue weighted by molar-refractivity contribution is 5.92. The van der Waals surface area contributed by atoms with Crippen molar-refractivity contribution in [2.75, 3.05) is 18.4 Å². The van der Waals surface area contributed by atoms with Gasteiger partial charge in [0.2, 0.25) is 0 Å². The lowest BCUT2D eigenvalue weighted by Crippen LogP contribution is -2.50. The zero-order valence-corrected chi connectivity index (χ0v) is 19.1. The molecule has 0 radical (unpaired) electrons. The number of imidazole rings is 1. The Morgan fingerprint density at radius 2 is 1.86 bits per heavy atom. The number of hydrogen-bond acceptors (Lipinski definition) is 3. The van der Waals surface area contributed by atoms with Crippen molar-refractivity contribution in [3.05, 3.63) is 70.8 Å². The SMILES string of the molecule is Cc1[nH]c(-c2ccc(C(F)(F)F)c(F)c2)nc1CN1CCC(N2Cc3ccccc3NC2=O)CC1. The first-order chi connectivity index (χ1) is 16.7. The second-order valence-corrected chi connectivity index (χ2v) is 9.07. The van der Waals surface area contributed by atoms with E-state index < -0.39 is 17.6 Å². The number of carbonyl (C=O) groups excluding carboxylic acids is 1. The van der Waals surface area contributed by atoms with Crippen LogP contribution in [0.4, 0.5) is 28.0 Å². The van der Waals surface area contributed by atoms with Crippen LogP contribution in [-0.2, 0) is 19.3 Å². The number of aromatic nitrogens is 2. The summed E-state index contributed by atoms with van der Waals surface area (Å²) in [5, 5.41) is 2.97. The van der Waals surface area contributed by atoms with Gasteiger partial charge in [-0.1, -0.05) is 24.3 Å². The van der Waals surface area contributed by atoms with Crippen molar-refractivity contribution in [3.8, 4) is 11.4 Å². The first-order valence-corrected chi connectivity index (χ1v) is 11.5. The largest absolute Gasteiger partial charge is 0.419 e. The number of H-pyrrole nitrogens is 1. The summed E-state index contributed by atoms with van der Waals surface area (Å²) in [7, 11) is 0. The van der Waals surface area contributed by atoms with Crippen LogP contribution < -0.4 is 5.32 Å². The molecule has 1 fully saturated rings. The number of likely N-dealkylation sites (tertiary alicyclic amines) is 1. The number of hydrogen-bond donors (Lipinski definition) is 2. The maximum atomic E-state index is 14.0. The van der Waals surface area contributed by atoms with Gasteiger partial charge in [-0.2, -0.15) is 13.2 Å². The van der Waals surface area contributed by atoms with E-state index in [1.54, 1.807) is 0 Å². The van der Waals surface area contributed by atoms with E-state index in [1.165, 1.54) is 6.07 Å². The Morgan fingerprint density at radius 1 is 1.11 bits per heavy atom. The average Bonchev–Trinajstić information content (AvgIpc) is 3.18. The quantitative estimate of drug-likeness (QED) is 0.474. The smallest absolute Gasteiger partial charge is 0.342 e. The number of halogens is 4. The maximum Gasteiger partial charge on any atom is 0.419 e. The number of benzene rings is 2. The lowest BCUT2D eigenvalue weighted by Gasteiger charge is -2.40. The van der Waals surface area contributed by atoms with Crippen LogP contribution in [0.15, 0.2) is 42.5 Å². The molecule has 2 aromatic carbocycles. The Morgan fingerprint density at radius 3 is 2.57 bits per heavy atom. The number of anilines is 1. The van der Waals surface area contributed by atoms with Crippen LogP contribution in [0.1, 0.15) is 35.4 Å². The Labute approximate surface area is 200 Å². The number of nitrogens with one attached hydrogen (secondary N) is 2. The number of urea groups is 1. The first-order valence-electron chi connectivity index (χ1n) is 11.5. The van der Waals surface area contributed by atoms with E-state index >= 15 is 0 Å². The number of aromatic amines is 1. The molecule has 0 saturated carbocycles. The van der Waals surface area contributed by atoms with Crippen LogP contribution in [-0.4, -0.2) is 44.9 Å². The molecule has 5 rings (SSSR count). The van der Waals surface area contributed by atoms with E-state index in [0.717, 1.165) is 60.7 Å². The Balaban J connectivity index is 1.22. The molecule has 2 amide bonds. The number of piperidine rings is 1. The lowest BCUT2D eigenvalue weighted by molar-refractivity contribution is -0.139. The third-order valence-electron chi connectivity index (χ3n) is 6.77. The van der Waals surface area contributed by atoms with Gasteiger partial charge in [0.05, 0.1) is 11.3 Å². The predicted octanol–water partition coefficient (Wildman–Crippen LogP) is 5.56. The summed E-state index contributed by atoms with van der Waals surface area (Å²) in [5.74, 6) is -0.985. The maximum absolute atomic E-state index is 14.0. The average molecular weight is 488 g/mol. The number of alkyl halides is 3. The third kappa shape index (κ3) is 4.75. The molecule has 1 aromatic heterocycles. The van der Waals surface area contributed by atoms with E-state index in [9.17, 15) is 22.4 Å². The molecule has 2 N–H and O–H groups in total. The first kappa shape index (κ1) is 23.3. The molecule has 0 unspecified atom stereocenters. The van der Waals surface area contributed by atoms with E-state index in [-0.39, 0.29) is 17.6 Å². The molecule has 0 spiro atoms. The second kappa shape index (κ2) is 8.99. The molecule has 6 nitrogen and oxygen atoms in total. The van der Waals surface area contributed by atoms with Gasteiger partial charge in [-0.25, -0.2) is 14.2 Å². The summed E-state index contributed by atoms with van der Waals surface area (Å²) in [4.78, 5) is 24.3. The van der Waals surface area contributed by atoms with Crippen molar-refractivity contribution in [2.24, 2.45) is 0 Å². The van der Waals surface area contributed by atoms with Crippen molar-refractivity contribution in [1.82, 2.24) is 19.8 Å². The molecule has 35 heavy (non-hydrogen) atoms. The van der Waals surface area contributed by atoms with Crippen LogP contribution in [0.25, 0.3) is 11.4 Å². The van der Waals surface area contributed by atoms with E-state index in [1.807, 2.05) is 36.1 Å². The van der Waals surface area contributed by atoms with Gasteiger partial charge >= 0.3 is 12.2 Å². The Bertz CT molecular complexity index is 1250. The van der Waals surface area contributed by atoms with Gasteiger partial charge in [-0.05, 0) is 43.5 Å². The van der Waals surface area contributed by atoms with Crippen molar-refractivity contribution < 1.29 is 22.4 Å². The van der Waals surface area contributed by atoms with Gasteiger partial charge < -0.3 is 15.2 Å². The van der Waals surface area contributed by atoms with Gasteiger partial charge in [-0.3, -0.25) is 4.90 Å². The van der Waals surface area contributed by atoms with E-state index in [2.05, 4.69) is 20.2 Å². The minimum atomic E-state index is -4.74. The number of para-hydroxylation sites is 1. The fourth-order valence-corrected chi connectivity index (χ4v) is 4.80. The summed E-state index contributed by atoms with van der Waals surface area (Å²) >= 11 is 0. The van der Waals surface area contributed by atoms with Crippen LogP contribution in [0.3, 0.4) is 0 Å². The minimum Gasteiger partial charge on any atom is -0.342 e. The van der Waals surface area contributed by atoms with Crippen molar-refractivity contribution in [3.63, 3.8) is 0 Å². The van der Waals surface area contributed by atoms with Gasteiger partial charge in [0.25, 0.3) is 0 Å².